The van der Waals surface area contributed by atoms with Crippen LogP contribution >= 0.6 is 0 Å². The van der Waals surface area contributed by atoms with Gasteiger partial charge in [-0.25, -0.2) is 64.7 Å². The molecule has 0 spiro atoms. The van der Waals surface area contributed by atoms with Gasteiger partial charge in [-0.3, -0.25) is 18.7 Å². The molecule has 0 bridgehead atoms. The second-order valence-electron chi connectivity index (χ2n) is 14.3. The summed E-state index contributed by atoms with van der Waals surface area (Å²) in [5.41, 5.74) is -4.28. The summed E-state index contributed by atoms with van der Waals surface area (Å²) in [4.78, 5) is 12.7. The Morgan fingerprint density at radius 2 is 1.19 bits per heavy atom. The van der Waals surface area contributed by atoms with E-state index in [0.717, 1.165) is 73.8 Å². The minimum Gasteiger partial charge on any atom is -0.871 e. The van der Waals surface area contributed by atoms with Crippen molar-refractivity contribution in [3.63, 3.8) is 0 Å². The predicted octanol–water partition coefficient (Wildman–Crippen LogP) is -14.8. The first-order chi connectivity index (χ1) is 34.1. The average Bonchev–Trinajstić information content (AvgIpc) is 3.26. The van der Waals surface area contributed by atoms with Gasteiger partial charge in [0.05, 0.1) is 73.4 Å². The minimum absolute atomic E-state index is 0. The number of nitrogens with one attached hydrogen (secondary N) is 3. The maximum atomic E-state index is 13.8. The summed E-state index contributed by atoms with van der Waals surface area (Å²) in [7, 11) is -34.8. The van der Waals surface area contributed by atoms with E-state index in [2.05, 4.69) is 48.8 Å². The maximum absolute atomic E-state index is 13.8. The molecular formula is C36H29N8Na5O23S7. The molecule has 1 aromatic heterocycles. The van der Waals surface area contributed by atoms with Crippen LogP contribution in [0, 0.1) is 0 Å². The van der Waals surface area contributed by atoms with Gasteiger partial charge in [0.1, 0.15) is 41.8 Å². The van der Waals surface area contributed by atoms with Crippen molar-refractivity contribution in [3.05, 3.63) is 96.2 Å². The van der Waals surface area contributed by atoms with Crippen molar-refractivity contribution in [1.29, 1.82) is 0 Å². The second kappa shape index (κ2) is 29.9. The van der Waals surface area contributed by atoms with Gasteiger partial charge in [-0.05, 0) is 78.2 Å². The number of nitrogens with zero attached hydrogens (tertiary/aromatic N) is 5. The zero-order valence-corrected chi connectivity index (χ0v) is 57.1. The zero-order valence-electron chi connectivity index (χ0n) is 41.4. The Hall–Kier alpha value is -1.66. The fourth-order valence-corrected chi connectivity index (χ4v) is 11.3. The molecule has 398 valence electrons. The Kier molecular flexibility index (Phi) is 28.5. The van der Waals surface area contributed by atoms with Crippen molar-refractivity contribution < 1.29 is 248 Å². The Morgan fingerprint density at radius 3 is 1.75 bits per heavy atom. The zero-order chi connectivity index (χ0) is 54.8. The summed E-state index contributed by atoms with van der Waals surface area (Å²) < 4.78 is 240. The van der Waals surface area contributed by atoms with Gasteiger partial charge in [0, 0.05) is 11.1 Å². The summed E-state index contributed by atoms with van der Waals surface area (Å²) in [6, 6.07) is 13.4. The van der Waals surface area contributed by atoms with Gasteiger partial charge < -0.3 is 33.4 Å². The van der Waals surface area contributed by atoms with Crippen molar-refractivity contribution in [2.24, 2.45) is 20.2 Å². The van der Waals surface area contributed by atoms with E-state index >= 15 is 0 Å². The van der Waals surface area contributed by atoms with Crippen molar-refractivity contribution in [2.45, 2.75) is 24.5 Å². The predicted molar refractivity (Wildman–Crippen MR) is 241 cm³/mol. The fraction of sp³-hybridized carbons (Fsp3) is 0.139. The largest absolute Gasteiger partial charge is 1.00 e. The normalized spacial score (nSPS) is 12.8. The number of aromatic nitrogens is 3. The van der Waals surface area contributed by atoms with Crippen molar-refractivity contribution in [1.82, 2.24) is 15.0 Å². The summed E-state index contributed by atoms with van der Waals surface area (Å²) in [5.74, 6) is -4.00. The van der Waals surface area contributed by atoms with E-state index in [0.29, 0.717) is 0 Å². The number of sulfone groups is 2. The van der Waals surface area contributed by atoms with E-state index in [-0.39, 0.29) is 176 Å². The average molecular weight is 1280 g/mol. The SMILES string of the molecule is COc1ccc(N=Nc2c(S(=O)(=O)[O-])cc3c(S(=O)(=O)[O-])c(N=c4[nH]c(Nc5ccc(S(=O)(=O)CCOS(=O)(=O)[O-])cc5)nc(=Nc5cccc(S(=O)(=O)CCOS(=O)(=O)O)c5)[nH]4)ccc3c2[O-])c(S(=O)(=O)[O-])c1.[Na+].[Na+].[Na+].[Na+].[Na+]. The molecule has 0 aliphatic carbocycles. The molecule has 0 atom stereocenters. The minimum atomic E-state index is -5.88. The maximum Gasteiger partial charge on any atom is 1.00 e. The number of hydrogen-bond acceptors (Lipinski definition) is 28. The molecule has 4 N–H and O–H groups in total. The van der Waals surface area contributed by atoms with Crippen LogP contribution in [0.3, 0.4) is 0 Å². The number of fused-ring (bicyclic) bond motifs is 1. The molecule has 6 rings (SSSR count). The van der Waals surface area contributed by atoms with Crippen LogP contribution in [0.15, 0.2) is 130 Å². The first kappa shape index (κ1) is 75.4. The van der Waals surface area contributed by atoms with E-state index in [9.17, 15) is 82.2 Å². The van der Waals surface area contributed by atoms with Crippen LogP contribution in [-0.4, -0.2) is 128 Å². The number of benzene rings is 5. The van der Waals surface area contributed by atoms with Crippen LogP contribution in [0.2, 0.25) is 0 Å². The van der Waals surface area contributed by atoms with Gasteiger partial charge in [0.15, 0.2) is 19.7 Å². The van der Waals surface area contributed by atoms with Crippen LogP contribution in [0.4, 0.5) is 34.4 Å². The first-order valence-electron chi connectivity index (χ1n) is 19.4. The van der Waals surface area contributed by atoms with E-state index < -0.39 is 166 Å². The van der Waals surface area contributed by atoms with Crippen molar-refractivity contribution in [2.75, 3.05) is 37.1 Å². The second-order valence-corrected chi connectivity index (χ2v) is 24.7. The quantitative estimate of drug-likeness (QED) is 0.0239. The molecule has 31 nitrogen and oxygen atoms in total. The molecule has 1 heterocycles. The summed E-state index contributed by atoms with van der Waals surface area (Å²) in [6.07, 6.45) is 0. The smallest absolute Gasteiger partial charge is 0.871 e. The number of anilines is 2. The third-order valence-corrected chi connectivity index (χ3v) is 16.3. The summed E-state index contributed by atoms with van der Waals surface area (Å²) in [5, 5.41) is 21.7. The van der Waals surface area contributed by atoms with E-state index in [4.69, 9.17) is 9.29 Å². The number of ether oxygens (including phenoxy) is 1. The van der Waals surface area contributed by atoms with Crippen LogP contribution in [-0.2, 0) is 79.2 Å². The Bertz CT molecular complexity index is 4250. The summed E-state index contributed by atoms with van der Waals surface area (Å²) >= 11 is 0. The van der Waals surface area contributed by atoms with Crippen LogP contribution in [0.5, 0.6) is 11.5 Å². The fourth-order valence-electron chi connectivity index (χ4n) is 6.19. The number of H-pyrrole nitrogens is 2. The molecule has 0 radical (unpaired) electrons. The van der Waals surface area contributed by atoms with Gasteiger partial charge in [-0.15, -0.1) is 10.2 Å². The van der Waals surface area contributed by atoms with Gasteiger partial charge >= 0.3 is 158 Å². The molecule has 0 aliphatic rings. The molecule has 0 saturated heterocycles. The van der Waals surface area contributed by atoms with E-state index in [1.54, 1.807) is 0 Å². The number of rotatable bonds is 20. The molecular weight excluding hydrogens is 1250 g/mol. The topological polar surface area (TPSA) is 508 Å². The monoisotopic (exact) mass is 1280 g/mol. The molecule has 6 aromatic rings. The number of aromatic amines is 2. The van der Waals surface area contributed by atoms with Gasteiger partial charge in [-0.2, -0.15) is 13.4 Å². The third-order valence-electron chi connectivity index (χ3n) is 9.33. The Balaban J connectivity index is 0.00000624. The number of azo groups is 1. The van der Waals surface area contributed by atoms with Crippen molar-refractivity contribution >= 4 is 116 Å². The van der Waals surface area contributed by atoms with Crippen LogP contribution in [0.25, 0.3) is 10.8 Å². The third kappa shape index (κ3) is 21.1. The van der Waals surface area contributed by atoms with E-state index in [1.165, 1.54) is 12.1 Å². The standard InChI is InChI=1S/C36H34N8O23S7.5Na/c1-65-22-7-11-27(29(18-22)70(50,51)52)43-44-31-30(71(53,54)55)19-26-25(32(31)45)10-12-28(33(26)72(56,57)58)39-36-41-34(37-20-5-8-23(9-6-20)68(46,47)15-13-66-73(59,60)61)40-35(42-36)38-21-3-2-4-24(17-21)69(48,49)16-14-67-74(62,63)64;;;;;/h2-12,17-19,45H,13-16H2,1H3,(H,50,51,52)(H,53,54,55)(H,56,57,58)(H,59,60,61)(H,62,63,64)(H3,37,38,39,40,41,42);;;;;/q;5*+1/p-5. The molecule has 43 heteroatoms. The molecule has 0 aliphatic heterocycles. The molecule has 0 unspecified atom stereocenters. The van der Waals surface area contributed by atoms with Gasteiger partial charge in [0.25, 0.3) is 0 Å². The number of methoxy groups -OCH3 is 1. The van der Waals surface area contributed by atoms with Crippen LogP contribution < -0.4 is 174 Å². The molecule has 0 saturated carbocycles. The molecule has 5 aromatic carbocycles. The first-order valence-corrected chi connectivity index (χ1v) is 29.6. The molecule has 0 amide bonds. The Labute approximate surface area is 560 Å². The summed E-state index contributed by atoms with van der Waals surface area (Å²) in [6.45, 7) is -2.00. The van der Waals surface area contributed by atoms with E-state index in [1.807, 2.05) is 0 Å². The molecule has 0 fully saturated rings. The molecule has 79 heavy (non-hydrogen) atoms. The van der Waals surface area contributed by atoms with Gasteiger partial charge in [-0.1, -0.05) is 17.9 Å². The van der Waals surface area contributed by atoms with Crippen LogP contribution in [0.1, 0.15) is 0 Å². The van der Waals surface area contributed by atoms with Gasteiger partial charge in [0.2, 0.25) is 27.6 Å². The van der Waals surface area contributed by atoms with Crippen molar-refractivity contribution in [3.8, 4) is 11.5 Å². The Morgan fingerprint density at radius 1 is 0.608 bits per heavy atom. The number of hydrogen-bond donors (Lipinski definition) is 4.